The van der Waals surface area contributed by atoms with Crippen LogP contribution in [0, 0.1) is 11.3 Å². The molecule has 30 heavy (non-hydrogen) atoms. The number of aromatic amines is 2. The van der Waals surface area contributed by atoms with Crippen LogP contribution in [0.4, 0.5) is 0 Å². The largest absolute Gasteiger partial charge is 0.325 e. The lowest BCUT2D eigenvalue weighted by molar-refractivity contribution is 0.596. The summed E-state index contributed by atoms with van der Waals surface area (Å²) in [6.45, 7) is 0. The predicted molar refractivity (Wildman–Crippen MR) is 118 cm³/mol. The molecule has 0 unspecified atom stereocenters. The Kier molecular flexibility index (Phi) is 5.69. The molecule has 1 heterocycles. The highest BCUT2D eigenvalue weighted by atomic mass is 35.5. The highest BCUT2D eigenvalue weighted by molar-refractivity contribution is 6.32. The zero-order valence-electron chi connectivity index (χ0n) is 16.2. The summed E-state index contributed by atoms with van der Waals surface area (Å²) in [5, 5.41) is 9.58. The minimum atomic E-state index is -0.475. The van der Waals surface area contributed by atoms with Crippen molar-refractivity contribution >= 4 is 17.2 Å². The third-order valence-electron chi connectivity index (χ3n) is 5.56. The summed E-state index contributed by atoms with van der Waals surface area (Å²) in [6.07, 6.45) is 4.86. The minimum Gasteiger partial charge on any atom is -0.311 e. The van der Waals surface area contributed by atoms with Crippen LogP contribution >= 0.6 is 11.6 Å². The van der Waals surface area contributed by atoms with E-state index in [1.165, 1.54) is 0 Å². The van der Waals surface area contributed by atoms with Crippen LogP contribution in [0.5, 0.6) is 0 Å². The molecule has 1 aromatic heterocycles. The lowest BCUT2D eigenvalue weighted by atomic mass is 9.82. The Hall–Kier alpha value is -3.36. The molecule has 0 saturated carbocycles. The summed E-state index contributed by atoms with van der Waals surface area (Å²) < 4.78 is 0. The third kappa shape index (κ3) is 4.14. The molecule has 2 N–H and O–H groups in total. The standard InChI is InChI=1S/C24H20ClN3O2/c25-21-13-16(14-26)6-11-19(21)17-7-9-18(10-8-17)22-20(23(29)28-24(30)27-22)12-15-4-2-1-3-5-15/h1-7,11,13,18H,8-10,12H2,(H2,27,28,29,30)/t18-/m0/s1. The number of nitrogens with zero attached hydrogens (tertiary/aromatic N) is 1. The SMILES string of the molecule is N#Cc1ccc(C2=CC[C@H](c3[nH]c(=O)[nH]c(=O)c3Cc3ccccc3)CC2)c(Cl)c1. The number of halogens is 1. The second-order valence-corrected chi connectivity index (χ2v) is 7.88. The van der Waals surface area contributed by atoms with Gasteiger partial charge in [-0.05, 0) is 48.1 Å². The molecule has 0 saturated heterocycles. The molecule has 0 fully saturated rings. The zero-order chi connectivity index (χ0) is 21.1. The highest BCUT2D eigenvalue weighted by Gasteiger charge is 2.23. The third-order valence-corrected chi connectivity index (χ3v) is 5.87. The van der Waals surface area contributed by atoms with E-state index in [-0.39, 0.29) is 11.5 Å². The van der Waals surface area contributed by atoms with Gasteiger partial charge in [0, 0.05) is 28.6 Å². The number of hydrogen-bond donors (Lipinski definition) is 2. The maximum absolute atomic E-state index is 12.6. The molecule has 1 aliphatic rings. The molecule has 0 radical (unpaired) electrons. The number of allylic oxidation sites excluding steroid dienone is 2. The van der Waals surface area contributed by atoms with Gasteiger partial charge in [-0.15, -0.1) is 0 Å². The minimum absolute atomic E-state index is 0.0552. The first-order valence-corrected chi connectivity index (χ1v) is 10.2. The average molecular weight is 418 g/mol. The Balaban J connectivity index is 1.64. The van der Waals surface area contributed by atoms with Gasteiger partial charge in [-0.2, -0.15) is 5.26 Å². The Bertz CT molecular complexity index is 1270. The second-order valence-electron chi connectivity index (χ2n) is 7.47. The molecule has 0 aliphatic heterocycles. The van der Waals surface area contributed by atoms with Crippen molar-refractivity contribution in [2.45, 2.75) is 31.6 Å². The summed E-state index contributed by atoms with van der Waals surface area (Å²) in [6, 6.07) is 17.2. The molecule has 1 aliphatic carbocycles. The van der Waals surface area contributed by atoms with Gasteiger partial charge in [0.25, 0.3) is 5.56 Å². The van der Waals surface area contributed by atoms with Crippen LogP contribution in [-0.2, 0) is 6.42 Å². The molecule has 4 rings (SSSR count). The Morgan fingerprint density at radius 1 is 1.10 bits per heavy atom. The fourth-order valence-corrected chi connectivity index (χ4v) is 4.34. The van der Waals surface area contributed by atoms with Crippen molar-refractivity contribution in [3.8, 4) is 6.07 Å². The van der Waals surface area contributed by atoms with E-state index in [9.17, 15) is 9.59 Å². The van der Waals surface area contributed by atoms with Gasteiger partial charge in [0.15, 0.2) is 0 Å². The van der Waals surface area contributed by atoms with E-state index in [2.05, 4.69) is 22.1 Å². The van der Waals surface area contributed by atoms with Gasteiger partial charge in [-0.3, -0.25) is 9.78 Å². The van der Waals surface area contributed by atoms with Crippen molar-refractivity contribution in [2.24, 2.45) is 0 Å². The van der Waals surface area contributed by atoms with Crippen molar-refractivity contribution < 1.29 is 0 Å². The number of hydrogen-bond acceptors (Lipinski definition) is 3. The van der Waals surface area contributed by atoms with Gasteiger partial charge in [0.2, 0.25) is 0 Å². The number of nitriles is 1. The molecule has 0 amide bonds. The molecule has 3 aromatic rings. The topological polar surface area (TPSA) is 89.5 Å². The van der Waals surface area contributed by atoms with Crippen molar-refractivity contribution in [2.75, 3.05) is 0 Å². The van der Waals surface area contributed by atoms with E-state index >= 15 is 0 Å². The van der Waals surface area contributed by atoms with Gasteiger partial charge in [0.1, 0.15) is 0 Å². The Labute approximate surface area is 178 Å². The summed E-state index contributed by atoms with van der Waals surface area (Å²) in [5.74, 6) is 0.0552. The normalized spacial score (nSPS) is 16.0. The maximum atomic E-state index is 12.6. The van der Waals surface area contributed by atoms with Crippen LogP contribution in [0.2, 0.25) is 5.02 Å². The van der Waals surface area contributed by atoms with E-state index in [1.54, 1.807) is 12.1 Å². The Morgan fingerprint density at radius 3 is 2.57 bits per heavy atom. The first kappa shape index (κ1) is 19.9. The first-order chi connectivity index (χ1) is 14.5. The Morgan fingerprint density at radius 2 is 1.90 bits per heavy atom. The monoisotopic (exact) mass is 417 g/mol. The lowest BCUT2D eigenvalue weighted by Gasteiger charge is -2.24. The smallest absolute Gasteiger partial charge is 0.311 e. The van der Waals surface area contributed by atoms with E-state index in [0.717, 1.165) is 29.5 Å². The molecule has 0 bridgehead atoms. The van der Waals surface area contributed by atoms with Crippen molar-refractivity contribution in [1.82, 2.24) is 9.97 Å². The fraction of sp³-hybridized carbons (Fsp3) is 0.208. The molecule has 5 nitrogen and oxygen atoms in total. The van der Waals surface area contributed by atoms with Crippen LogP contribution in [-0.4, -0.2) is 9.97 Å². The van der Waals surface area contributed by atoms with Gasteiger partial charge in [-0.1, -0.05) is 54.1 Å². The van der Waals surface area contributed by atoms with Gasteiger partial charge in [0.05, 0.1) is 11.6 Å². The average Bonchev–Trinajstić information content (AvgIpc) is 2.76. The second kappa shape index (κ2) is 8.56. The molecule has 1 atom stereocenters. The fourth-order valence-electron chi connectivity index (χ4n) is 4.04. The maximum Gasteiger partial charge on any atom is 0.325 e. The summed E-state index contributed by atoms with van der Waals surface area (Å²) >= 11 is 6.37. The summed E-state index contributed by atoms with van der Waals surface area (Å²) in [7, 11) is 0. The molecule has 6 heteroatoms. The van der Waals surface area contributed by atoms with E-state index in [4.69, 9.17) is 16.9 Å². The zero-order valence-corrected chi connectivity index (χ0v) is 17.0. The molecule has 150 valence electrons. The molecule has 0 spiro atoms. The molecular weight excluding hydrogens is 398 g/mol. The summed E-state index contributed by atoms with van der Waals surface area (Å²) in [4.78, 5) is 29.8. The van der Waals surface area contributed by atoms with E-state index in [1.807, 2.05) is 36.4 Å². The van der Waals surface area contributed by atoms with Gasteiger partial charge >= 0.3 is 5.69 Å². The summed E-state index contributed by atoms with van der Waals surface area (Å²) in [5.41, 5.74) is 4.13. The van der Waals surface area contributed by atoms with Gasteiger partial charge in [-0.25, -0.2) is 4.79 Å². The van der Waals surface area contributed by atoms with Crippen LogP contribution < -0.4 is 11.2 Å². The number of aromatic nitrogens is 2. The lowest BCUT2D eigenvalue weighted by Crippen LogP contribution is -2.30. The number of benzene rings is 2. The highest BCUT2D eigenvalue weighted by Crippen LogP contribution is 2.38. The molecule has 2 aromatic carbocycles. The quantitative estimate of drug-likeness (QED) is 0.653. The van der Waals surface area contributed by atoms with Crippen LogP contribution in [0.15, 0.2) is 64.2 Å². The van der Waals surface area contributed by atoms with Crippen molar-refractivity contribution in [3.63, 3.8) is 0 Å². The van der Waals surface area contributed by atoms with Crippen LogP contribution in [0.1, 0.15) is 53.1 Å². The predicted octanol–water partition coefficient (Wildman–Crippen LogP) is 4.53. The van der Waals surface area contributed by atoms with E-state index < -0.39 is 5.69 Å². The van der Waals surface area contributed by atoms with Gasteiger partial charge < -0.3 is 4.98 Å². The van der Waals surface area contributed by atoms with Crippen molar-refractivity contribution in [3.05, 3.63) is 108 Å². The first-order valence-electron chi connectivity index (χ1n) is 9.83. The number of nitrogens with one attached hydrogen (secondary N) is 2. The number of H-pyrrole nitrogens is 2. The molecular formula is C24H20ClN3O2. The van der Waals surface area contributed by atoms with Crippen LogP contribution in [0.3, 0.4) is 0 Å². The van der Waals surface area contributed by atoms with Crippen molar-refractivity contribution in [1.29, 1.82) is 5.26 Å². The van der Waals surface area contributed by atoms with Crippen LogP contribution in [0.25, 0.3) is 5.57 Å². The van der Waals surface area contributed by atoms with E-state index in [0.29, 0.717) is 34.7 Å². The number of rotatable bonds is 4.